The van der Waals surface area contributed by atoms with E-state index >= 15 is 0 Å². The van der Waals surface area contributed by atoms with Crippen molar-refractivity contribution in [2.24, 2.45) is 0 Å². The van der Waals surface area contributed by atoms with Gasteiger partial charge in [0.05, 0.1) is 0 Å². The summed E-state index contributed by atoms with van der Waals surface area (Å²) in [5.74, 6) is 2.42. The summed E-state index contributed by atoms with van der Waals surface area (Å²) in [6.45, 7) is 0. The molecule has 4 nitrogen and oxygen atoms in total. The first kappa shape index (κ1) is 18.1. The third-order valence-corrected chi connectivity index (χ3v) is 10.4. The zero-order chi connectivity index (χ0) is 18.0. The van der Waals surface area contributed by atoms with Crippen LogP contribution in [0, 0.1) is 24.7 Å². The van der Waals surface area contributed by atoms with Gasteiger partial charge in [-0.25, -0.2) is 0 Å². The monoisotopic (exact) mass is 374 g/mol. The van der Waals surface area contributed by atoms with E-state index < -0.39 is 29.3 Å². The number of allylic oxidation sites excluding steroid dienone is 4. The van der Waals surface area contributed by atoms with Crippen LogP contribution in [0.2, 0.25) is 9.45 Å². The Morgan fingerprint density at radius 1 is 1.00 bits per heavy atom. The first-order valence-corrected chi connectivity index (χ1v) is 12.5. The van der Waals surface area contributed by atoms with E-state index in [4.69, 9.17) is 19.5 Å². The van der Waals surface area contributed by atoms with Crippen LogP contribution in [0.3, 0.4) is 0 Å². The standard InChI is InChI=1S/C13H17.2C3H2O2.CH3.Ti/c1-3-7-12-10(5-1)9-11-6-2-4-8-13(11)12;2*1-2-3(4)5;;/h5H,1-4,6-9H2;2*1H,(H,4,5);1H3;/q;;;;+2/p-2. The second-order valence-corrected chi connectivity index (χ2v) is 11.9. The molecule has 0 N–H and O–H groups in total. The van der Waals surface area contributed by atoms with E-state index in [-0.39, 0.29) is 4.22 Å². The number of carbonyl (C=O) groups is 2. The summed E-state index contributed by atoms with van der Waals surface area (Å²) >= 11 is -3.85. The van der Waals surface area contributed by atoms with Crippen molar-refractivity contribution in [3.8, 4) is 24.7 Å². The number of hydrogen-bond acceptors (Lipinski definition) is 4. The average molecular weight is 374 g/mol. The molecule has 0 aromatic heterocycles. The molecule has 0 aromatic carbocycles. The molecule has 5 heteroatoms. The Balaban J connectivity index is 1.95. The van der Waals surface area contributed by atoms with E-state index in [9.17, 15) is 9.59 Å². The van der Waals surface area contributed by atoms with Crippen LogP contribution in [0.1, 0.15) is 51.4 Å². The second-order valence-electron chi connectivity index (χ2n) is 7.00. The molecule has 0 heterocycles. The molecule has 3 aliphatic rings. The molecule has 0 amide bonds. The summed E-state index contributed by atoms with van der Waals surface area (Å²) in [6.07, 6.45) is 19.0. The van der Waals surface area contributed by atoms with Crippen LogP contribution in [0.25, 0.3) is 0 Å². The zero-order valence-electron chi connectivity index (χ0n) is 14.5. The van der Waals surface area contributed by atoms with Gasteiger partial charge >= 0.3 is 153 Å². The molecule has 0 spiro atoms. The molecule has 0 aromatic rings. The Kier molecular flexibility index (Phi) is 5.23. The molecule has 1 atom stereocenters. The van der Waals surface area contributed by atoms with Crippen molar-refractivity contribution in [1.29, 1.82) is 0 Å². The van der Waals surface area contributed by atoms with Gasteiger partial charge in [0.15, 0.2) is 0 Å². The Bertz CT molecular complexity index is 732. The van der Waals surface area contributed by atoms with E-state index in [1.54, 1.807) is 5.23 Å². The molecule has 0 saturated heterocycles. The van der Waals surface area contributed by atoms with Gasteiger partial charge in [0.2, 0.25) is 0 Å². The first-order chi connectivity index (χ1) is 12.0. The van der Waals surface area contributed by atoms with Gasteiger partial charge in [-0.05, 0) is 0 Å². The average Bonchev–Trinajstić information content (AvgIpc) is 2.99. The summed E-state index contributed by atoms with van der Waals surface area (Å²) in [4.78, 5) is 23.6. The first-order valence-electron chi connectivity index (χ1n) is 8.81. The molecule has 0 fully saturated rings. The maximum atomic E-state index is 11.8. The third-order valence-electron chi connectivity index (χ3n) is 5.54. The molecule has 0 radical (unpaired) electrons. The predicted octanol–water partition coefficient (Wildman–Crippen LogP) is 3.91. The van der Waals surface area contributed by atoms with Crippen molar-refractivity contribution in [1.82, 2.24) is 0 Å². The molecule has 25 heavy (non-hydrogen) atoms. The Hall–Kier alpha value is -1.75. The van der Waals surface area contributed by atoms with Gasteiger partial charge in [-0.1, -0.05) is 0 Å². The second kappa shape index (κ2) is 7.24. The number of hydrogen-bond donors (Lipinski definition) is 0. The van der Waals surface area contributed by atoms with Crippen LogP contribution in [0.5, 0.6) is 0 Å². The number of rotatable bonds is 3. The molecule has 0 saturated carbocycles. The Labute approximate surface area is 153 Å². The van der Waals surface area contributed by atoms with Crippen molar-refractivity contribution in [3.63, 3.8) is 0 Å². The Morgan fingerprint density at radius 3 is 2.24 bits per heavy atom. The fourth-order valence-electron chi connectivity index (χ4n) is 4.53. The minimum atomic E-state index is -3.85. The SMILES string of the molecule is C#CC(=O)[O][Ti]([CH3])([O]C(=O)C#C)[CH]1CCCC2=C1CC1=C2CCCC1. The predicted molar refractivity (Wildman–Crippen MR) is 90.5 cm³/mol. The van der Waals surface area contributed by atoms with E-state index in [0.29, 0.717) is 0 Å². The van der Waals surface area contributed by atoms with E-state index in [0.717, 1.165) is 38.5 Å². The summed E-state index contributed by atoms with van der Waals surface area (Å²) in [7, 11) is 0. The van der Waals surface area contributed by atoms with Crippen molar-refractivity contribution >= 4 is 11.9 Å². The van der Waals surface area contributed by atoms with Gasteiger partial charge in [-0.2, -0.15) is 0 Å². The molecule has 3 aliphatic carbocycles. The Morgan fingerprint density at radius 2 is 1.60 bits per heavy atom. The molecular weight excluding hydrogens is 352 g/mol. The fraction of sp³-hybridized carbons (Fsp3) is 0.500. The zero-order valence-corrected chi connectivity index (χ0v) is 16.1. The number of fused-ring (bicyclic) bond motifs is 1. The quantitative estimate of drug-likeness (QED) is 0.555. The summed E-state index contributed by atoms with van der Waals surface area (Å²) in [6, 6.07) is 0. The van der Waals surface area contributed by atoms with E-state index in [1.165, 1.54) is 35.1 Å². The normalized spacial score (nSPS) is 22.4. The maximum absolute atomic E-state index is 11.8. The van der Waals surface area contributed by atoms with Gasteiger partial charge in [0.25, 0.3) is 0 Å². The molecule has 130 valence electrons. The number of terminal acetylenes is 2. The van der Waals surface area contributed by atoms with E-state index in [2.05, 4.69) is 0 Å². The van der Waals surface area contributed by atoms with Crippen LogP contribution >= 0.6 is 0 Å². The van der Waals surface area contributed by atoms with Crippen LogP contribution in [0.4, 0.5) is 0 Å². The summed E-state index contributed by atoms with van der Waals surface area (Å²) in [5.41, 5.74) is 5.79. The van der Waals surface area contributed by atoms with Crippen LogP contribution in [-0.4, -0.2) is 11.9 Å². The van der Waals surface area contributed by atoms with Crippen molar-refractivity contribution in [2.45, 2.75) is 60.8 Å². The molecule has 0 aliphatic heterocycles. The van der Waals surface area contributed by atoms with Crippen molar-refractivity contribution in [2.75, 3.05) is 0 Å². The summed E-state index contributed by atoms with van der Waals surface area (Å²) < 4.78 is 11.1. The van der Waals surface area contributed by atoms with Gasteiger partial charge in [0, 0.05) is 0 Å². The number of carbonyl (C=O) groups excluding carboxylic acids is 2. The molecule has 3 rings (SSSR count). The van der Waals surface area contributed by atoms with Gasteiger partial charge in [0.1, 0.15) is 0 Å². The van der Waals surface area contributed by atoms with Crippen LogP contribution in [-0.2, 0) is 33.6 Å². The fourth-order valence-corrected chi connectivity index (χ4v) is 8.93. The minimum absolute atomic E-state index is 0.0241. The topological polar surface area (TPSA) is 52.6 Å². The van der Waals surface area contributed by atoms with Crippen LogP contribution < -0.4 is 0 Å². The molecule has 0 bridgehead atoms. The summed E-state index contributed by atoms with van der Waals surface area (Å²) in [5, 5.41) is 1.78. The van der Waals surface area contributed by atoms with Gasteiger partial charge < -0.3 is 0 Å². The van der Waals surface area contributed by atoms with Crippen molar-refractivity contribution < 1.29 is 33.6 Å². The van der Waals surface area contributed by atoms with Crippen LogP contribution in [0.15, 0.2) is 22.3 Å². The van der Waals surface area contributed by atoms with Gasteiger partial charge in [-0.3, -0.25) is 0 Å². The van der Waals surface area contributed by atoms with Gasteiger partial charge in [-0.15, -0.1) is 0 Å². The molecule has 1 unspecified atom stereocenters. The molecular formula is C20H22O4Ti. The third kappa shape index (κ3) is 3.48. The van der Waals surface area contributed by atoms with Crippen molar-refractivity contribution in [3.05, 3.63) is 22.3 Å². The van der Waals surface area contributed by atoms with E-state index in [1.807, 2.05) is 11.8 Å².